The molecule has 0 aliphatic carbocycles. The van der Waals surface area contributed by atoms with Crippen LogP contribution in [0.25, 0.3) is 0 Å². The van der Waals surface area contributed by atoms with E-state index >= 15 is 0 Å². The first kappa shape index (κ1) is 13.9. The maximum atomic E-state index is 10.8. The molecule has 0 saturated carbocycles. The number of rotatable bonds is 3. The lowest BCUT2D eigenvalue weighted by Crippen LogP contribution is -2.23. The molecule has 0 radical (unpaired) electrons. The van der Waals surface area contributed by atoms with E-state index in [1.807, 2.05) is 31.2 Å². The SMILES string of the molecule is COc1ccc(Cl)cc1C(C)(O)c1ccc(C)cc1. The van der Waals surface area contributed by atoms with Crippen LogP contribution >= 0.6 is 11.6 Å². The summed E-state index contributed by atoms with van der Waals surface area (Å²) in [5.74, 6) is 0.620. The molecule has 0 spiro atoms. The topological polar surface area (TPSA) is 29.5 Å². The molecule has 19 heavy (non-hydrogen) atoms. The number of hydrogen-bond acceptors (Lipinski definition) is 2. The summed E-state index contributed by atoms with van der Waals surface area (Å²) in [6, 6.07) is 13.0. The molecular weight excluding hydrogens is 260 g/mol. The Morgan fingerprint density at radius 1 is 1.11 bits per heavy atom. The Labute approximate surface area is 118 Å². The molecule has 2 rings (SSSR count). The minimum atomic E-state index is -1.15. The van der Waals surface area contributed by atoms with E-state index in [-0.39, 0.29) is 0 Å². The second kappa shape index (κ2) is 5.24. The minimum Gasteiger partial charge on any atom is -0.496 e. The van der Waals surface area contributed by atoms with Crippen LogP contribution in [0.2, 0.25) is 5.02 Å². The predicted octanol–water partition coefficient (Wildman–Crippen LogP) is 3.91. The smallest absolute Gasteiger partial charge is 0.125 e. The van der Waals surface area contributed by atoms with Crippen molar-refractivity contribution in [2.75, 3.05) is 7.11 Å². The molecule has 0 aliphatic rings. The molecule has 1 unspecified atom stereocenters. The standard InChI is InChI=1S/C16H17ClO2/c1-11-4-6-12(7-5-11)16(2,18)14-10-13(17)8-9-15(14)19-3/h4-10,18H,1-3H3. The Balaban J connectivity index is 2.55. The molecule has 0 aromatic heterocycles. The minimum absolute atomic E-state index is 0.572. The Morgan fingerprint density at radius 2 is 1.74 bits per heavy atom. The van der Waals surface area contributed by atoms with Crippen molar-refractivity contribution in [1.29, 1.82) is 0 Å². The van der Waals surface area contributed by atoms with Gasteiger partial charge < -0.3 is 9.84 Å². The van der Waals surface area contributed by atoms with Gasteiger partial charge in [-0.25, -0.2) is 0 Å². The zero-order chi connectivity index (χ0) is 14.0. The van der Waals surface area contributed by atoms with E-state index in [9.17, 15) is 5.11 Å². The third-order valence-corrected chi connectivity index (χ3v) is 3.53. The van der Waals surface area contributed by atoms with Crippen LogP contribution in [-0.4, -0.2) is 12.2 Å². The second-order valence-electron chi connectivity index (χ2n) is 4.78. The van der Waals surface area contributed by atoms with Crippen molar-refractivity contribution in [2.45, 2.75) is 19.4 Å². The third kappa shape index (κ3) is 2.75. The molecule has 100 valence electrons. The fourth-order valence-electron chi connectivity index (χ4n) is 2.09. The second-order valence-corrected chi connectivity index (χ2v) is 5.22. The van der Waals surface area contributed by atoms with Gasteiger partial charge in [0, 0.05) is 10.6 Å². The monoisotopic (exact) mass is 276 g/mol. The van der Waals surface area contributed by atoms with Gasteiger partial charge in [0.1, 0.15) is 11.4 Å². The number of aryl methyl sites for hydroxylation is 1. The van der Waals surface area contributed by atoms with E-state index in [1.54, 1.807) is 32.2 Å². The summed E-state index contributed by atoms with van der Waals surface area (Å²) in [7, 11) is 1.58. The summed E-state index contributed by atoms with van der Waals surface area (Å²) >= 11 is 6.03. The maximum Gasteiger partial charge on any atom is 0.125 e. The van der Waals surface area contributed by atoms with Gasteiger partial charge >= 0.3 is 0 Å². The van der Waals surface area contributed by atoms with Gasteiger partial charge in [0.15, 0.2) is 0 Å². The van der Waals surface area contributed by atoms with Crippen LogP contribution in [0, 0.1) is 6.92 Å². The quantitative estimate of drug-likeness (QED) is 0.921. The van der Waals surface area contributed by atoms with Crippen molar-refractivity contribution in [3.63, 3.8) is 0 Å². The van der Waals surface area contributed by atoms with Gasteiger partial charge in [0.25, 0.3) is 0 Å². The number of benzene rings is 2. The van der Waals surface area contributed by atoms with Crippen molar-refractivity contribution >= 4 is 11.6 Å². The molecule has 2 aromatic carbocycles. The van der Waals surface area contributed by atoms with E-state index in [0.717, 1.165) is 11.1 Å². The first-order valence-electron chi connectivity index (χ1n) is 6.08. The summed E-state index contributed by atoms with van der Waals surface area (Å²) in [5, 5.41) is 11.4. The Bertz CT molecular complexity index is 574. The van der Waals surface area contributed by atoms with Crippen molar-refractivity contribution in [2.24, 2.45) is 0 Å². The van der Waals surface area contributed by atoms with E-state index < -0.39 is 5.60 Å². The predicted molar refractivity (Wildman–Crippen MR) is 77.9 cm³/mol. The van der Waals surface area contributed by atoms with Crippen molar-refractivity contribution in [3.05, 3.63) is 64.2 Å². The van der Waals surface area contributed by atoms with Gasteiger partial charge in [-0.15, -0.1) is 0 Å². The van der Waals surface area contributed by atoms with E-state index in [0.29, 0.717) is 16.3 Å². The van der Waals surface area contributed by atoms with Gasteiger partial charge in [-0.05, 0) is 37.6 Å². The van der Waals surface area contributed by atoms with Crippen LogP contribution in [0.15, 0.2) is 42.5 Å². The van der Waals surface area contributed by atoms with Gasteiger partial charge in [-0.3, -0.25) is 0 Å². The van der Waals surface area contributed by atoms with Crippen LogP contribution < -0.4 is 4.74 Å². The number of ether oxygens (including phenoxy) is 1. The Hall–Kier alpha value is -1.51. The largest absolute Gasteiger partial charge is 0.496 e. The molecule has 2 aromatic rings. The number of methoxy groups -OCH3 is 1. The lowest BCUT2D eigenvalue weighted by Gasteiger charge is -2.26. The summed E-state index contributed by atoms with van der Waals surface area (Å²) in [4.78, 5) is 0. The van der Waals surface area contributed by atoms with Crippen LogP contribution in [0.1, 0.15) is 23.6 Å². The number of aliphatic hydroxyl groups is 1. The zero-order valence-corrected chi connectivity index (χ0v) is 12.0. The molecule has 2 nitrogen and oxygen atoms in total. The molecule has 0 aliphatic heterocycles. The lowest BCUT2D eigenvalue weighted by molar-refractivity contribution is 0.0989. The Morgan fingerprint density at radius 3 is 2.32 bits per heavy atom. The highest BCUT2D eigenvalue weighted by Gasteiger charge is 2.29. The fourth-order valence-corrected chi connectivity index (χ4v) is 2.27. The molecule has 0 fully saturated rings. The molecule has 1 atom stereocenters. The van der Waals surface area contributed by atoms with E-state index in [4.69, 9.17) is 16.3 Å². The molecule has 0 heterocycles. The molecule has 0 amide bonds. The van der Waals surface area contributed by atoms with Gasteiger partial charge in [0.05, 0.1) is 7.11 Å². The van der Waals surface area contributed by atoms with Gasteiger partial charge in [-0.2, -0.15) is 0 Å². The van der Waals surface area contributed by atoms with Crippen LogP contribution in [0.5, 0.6) is 5.75 Å². The highest BCUT2D eigenvalue weighted by molar-refractivity contribution is 6.30. The summed E-state index contributed by atoms with van der Waals surface area (Å²) in [5.41, 5.74) is 1.46. The zero-order valence-electron chi connectivity index (χ0n) is 11.3. The summed E-state index contributed by atoms with van der Waals surface area (Å²) in [6.45, 7) is 3.75. The summed E-state index contributed by atoms with van der Waals surface area (Å²) < 4.78 is 5.31. The van der Waals surface area contributed by atoms with Gasteiger partial charge in [0.2, 0.25) is 0 Å². The molecule has 1 N–H and O–H groups in total. The lowest BCUT2D eigenvalue weighted by atomic mass is 9.87. The fraction of sp³-hybridized carbons (Fsp3) is 0.250. The Kier molecular flexibility index (Phi) is 3.83. The first-order valence-corrected chi connectivity index (χ1v) is 6.46. The van der Waals surface area contributed by atoms with Gasteiger partial charge in [-0.1, -0.05) is 41.4 Å². The average molecular weight is 277 g/mol. The third-order valence-electron chi connectivity index (χ3n) is 3.30. The van der Waals surface area contributed by atoms with Crippen LogP contribution in [-0.2, 0) is 5.60 Å². The van der Waals surface area contributed by atoms with Crippen molar-refractivity contribution in [1.82, 2.24) is 0 Å². The van der Waals surface area contributed by atoms with E-state index in [2.05, 4.69) is 0 Å². The van der Waals surface area contributed by atoms with Crippen LogP contribution in [0.4, 0.5) is 0 Å². The number of hydrogen-bond donors (Lipinski definition) is 1. The van der Waals surface area contributed by atoms with Crippen molar-refractivity contribution < 1.29 is 9.84 Å². The van der Waals surface area contributed by atoms with Crippen LogP contribution in [0.3, 0.4) is 0 Å². The molecule has 0 bridgehead atoms. The number of halogens is 1. The first-order chi connectivity index (χ1) is 8.95. The highest BCUT2D eigenvalue weighted by Crippen LogP contribution is 2.36. The molecular formula is C16H17ClO2. The average Bonchev–Trinajstić information content (AvgIpc) is 2.39. The summed E-state index contributed by atoms with van der Waals surface area (Å²) in [6.07, 6.45) is 0. The molecule has 3 heteroatoms. The van der Waals surface area contributed by atoms with E-state index in [1.165, 1.54) is 0 Å². The van der Waals surface area contributed by atoms with Crippen molar-refractivity contribution in [3.8, 4) is 5.75 Å². The molecule has 0 saturated heterocycles. The normalized spacial score (nSPS) is 13.9. The highest BCUT2D eigenvalue weighted by atomic mass is 35.5. The maximum absolute atomic E-state index is 10.8.